The molecule has 0 aliphatic heterocycles. The van der Waals surface area contributed by atoms with Crippen molar-refractivity contribution >= 4 is 17.7 Å². The first-order chi connectivity index (χ1) is 12.1. The number of rotatable bonds is 5. The van der Waals surface area contributed by atoms with E-state index in [9.17, 15) is 9.59 Å². The number of aromatic amines is 1. The molecule has 7 heteroatoms. The van der Waals surface area contributed by atoms with Gasteiger partial charge in [0, 0.05) is 24.2 Å². The van der Waals surface area contributed by atoms with E-state index in [0.717, 1.165) is 11.1 Å². The first-order valence-corrected chi connectivity index (χ1v) is 7.61. The molecule has 3 rings (SSSR count). The van der Waals surface area contributed by atoms with Gasteiger partial charge in [-0.3, -0.25) is 4.79 Å². The molecule has 1 amide bonds. The fraction of sp³-hybridized carbons (Fsp3) is 0.111. The largest absolute Gasteiger partial charge is 0.452 e. The Kier molecular flexibility index (Phi) is 4.84. The molecule has 0 radical (unpaired) electrons. The minimum atomic E-state index is -0.571. The molecule has 2 aromatic heterocycles. The van der Waals surface area contributed by atoms with Crippen LogP contribution in [0.2, 0.25) is 0 Å². The molecule has 2 heterocycles. The van der Waals surface area contributed by atoms with Crippen molar-refractivity contribution in [2.24, 2.45) is 0 Å². The van der Waals surface area contributed by atoms with Crippen LogP contribution in [0.25, 0.3) is 11.4 Å². The zero-order valence-electron chi connectivity index (χ0n) is 13.5. The lowest BCUT2D eigenvalue weighted by atomic mass is 10.1. The van der Waals surface area contributed by atoms with Crippen molar-refractivity contribution in [3.63, 3.8) is 0 Å². The number of aromatic nitrogens is 3. The molecule has 3 aromatic rings. The minimum absolute atomic E-state index is 0.358. The molecule has 2 N–H and O–H groups in total. The van der Waals surface area contributed by atoms with E-state index in [0.29, 0.717) is 17.2 Å². The molecular formula is C18H16N4O3. The van der Waals surface area contributed by atoms with Crippen LogP contribution in [0.3, 0.4) is 0 Å². The molecule has 0 spiro atoms. The third-order valence-corrected chi connectivity index (χ3v) is 3.41. The summed E-state index contributed by atoms with van der Waals surface area (Å²) in [6.07, 6.45) is 4.97. The number of pyridine rings is 1. The number of aryl methyl sites for hydroxylation is 1. The lowest BCUT2D eigenvalue weighted by Crippen LogP contribution is -2.21. The molecule has 0 saturated carbocycles. The zero-order valence-corrected chi connectivity index (χ0v) is 13.5. The fourth-order valence-corrected chi connectivity index (χ4v) is 2.19. The van der Waals surface area contributed by atoms with Crippen molar-refractivity contribution < 1.29 is 14.3 Å². The Balaban J connectivity index is 1.54. The van der Waals surface area contributed by atoms with Crippen molar-refractivity contribution in [2.75, 3.05) is 11.9 Å². The van der Waals surface area contributed by atoms with E-state index < -0.39 is 11.9 Å². The van der Waals surface area contributed by atoms with Gasteiger partial charge in [-0.15, -0.1) is 0 Å². The second-order valence-electron chi connectivity index (χ2n) is 5.36. The molecule has 7 nitrogen and oxygen atoms in total. The smallest absolute Gasteiger partial charge is 0.338 e. The average molecular weight is 336 g/mol. The number of nitrogens with zero attached hydrogens (tertiary/aromatic N) is 2. The van der Waals surface area contributed by atoms with E-state index in [-0.39, 0.29) is 6.61 Å². The lowest BCUT2D eigenvalue weighted by molar-refractivity contribution is -0.119. The predicted molar refractivity (Wildman–Crippen MR) is 91.9 cm³/mol. The summed E-state index contributed by atoms with van der Waals surface area (Å²) in [6.45, 7) is 1.51. The van der Waals surface area contributed by atoms with E-state index in [1.165, 1.54) is 0 Å². The van der Waals surface area contributed by atoms with E-state index >= 15 is 0 Å². The van der Waals surface area contributed by atoms with Crippen molar-refractivity contribution in [3.05, 3.63) is 66.1 Å². The summed E-state index contributed by atoms with van der Waals surface area (Å²) in [4.78, 5) is 35.0. The van der Waals surface area contributed by atoms with Crippen LogP contribution in [0.4, 0.5) is 5.82 Å². The van der Waals surface area contributed by atoms with Gasteiger partial charge in [0.2, 0.25) is 0 Å². The highest BCUT2D eigenvalue weighted by atomic mass is 16.5. The van der Waals surface area contributed by atoms with Crippen LogP contribution in [0.1, 0.15) is 15.9 Å². The summed E-state index contributed by atoms with van der Waals surface area (Å²) >= 11 is 0. The molecule has 0 atom stereocenters. The Morgan fingerprint density at radius 2 is 1.92 bits per heavy atom. The van der Waals surface area contributed by atoms with Crippen LogP contribution in [0.5, 0.6) is 0 Å². The van der Waals surface area contributed by atoms with E-state index in [2.05, 4.69) is 20.3 Å². The van der Waals surface area contributed by atoms with Crippen molar-refractivity contribution in [1.29, 1.82) is 0 Å². The molecule has 126 valence electrons. The van der Waals surface area contributed by atoms with Gasteiger partial charge in [-0.2, -0.15) is 0 Å². The first-order valence-electron chi connectivity index (χ1n) is 7.61. The summed E-state index contributed by atoms with van der Waals surface area (Å²) < 4.78 is 5.02. The van der Waals surface area contributed by atoms with Crippen LogP contribution in [0.15, 0.2) is 55.0 Å². The van der Waals surface area contributed by atoms with Crippen LogP contribution in [0, 0.1) is 6.92 Å². The van der Waals surface area contributed by atoms with E-state index in [1.807, 2.05) is 13.0 Å². The third kappa shape index (κ3) is 4.29. The van der Waals surface area contributed by atoms with Gasteiger partial charge in [0.25, 0.3) is 5.91 Å². The van der Waals surface area contributed by atoms with Crippen molar-refractivity contribution in [3.8, 4) is 11.4 Å². The highest BCUT2D eigenvalue weighted by Crippen LogP contribution is 2.15. The number of imidazole rings is 1. The third-order valence-electron chi connectivity index (χ3n) is 3.41. The van der Waals surface area contributed by atoms with E-state index in [1.54, 1.807) is 48.9 Å². The molecule has 0 fully saturated rings. The summed E-state index contributed by atoms with van der Waals surface area (Å²) in [5.41, 5.74) is 2.18. The van der Waals surface area contributed by atoms with Crippen LogP contribution in [-0.2, 0) is 9.53 Å². The summed E-state index contributed by atoms with van der Waals surface area (Å²) in [5.74, 6) is 0.116. The van der Waals surface area contributed by atoms with Crippen LogP contribution < -0.4 is 5.32 Å². The number of amides is 1. The zero-order chi connectivity index (χ0) is 17.6. The second-order valence-corrected chi connectivity index (χ2v) is 5.36. The van der Waals surface area contributed by atoms with Gasteiger partial charge in [-0.05, 0) is 36.8 Å². The maximum atomic E-state index is 12.0. The highest BCUT2D eigenvalue weighted by Gasteiger charge is 2.11. The summed E-state index contributed by atoms with van der Waals surface area (Å²) in [5, 5.41) is 2.58. The number of carbonyl (C=O) groups excluding carboxylic acids is 2. The Morgan fingerprint density at radius 1 is 1.12 bits per heavy atom. The molecular weight excluding hydrogens is 320 g/mol. The monoisotopic (exact) mass is 336 g/mol. The number of ether oxygens (including phenoxy) is 1. The number of hydrogen-bond donors (Lipinski definition) is 2. The van der Waals surface area contributed by atoms with Crippen molar-refractivity contribution in [2.45, 2.75) is 6.92 Å². The van der Waals surface area contributed by atoms with Crippen LogP contribution >= 0.6 is 0 Å². The maximum absolute atomic E-state index is 12.0. The fourth-order valence-electron chi connectivity index (χ4n) is 2.19. The molecule has 1 aromatic carbocycles. The number of anilines is 1. The SMILES string of the molecule is Cc1ccnc(NC(=O)COC(=O)c2ccc(-c3ncc[nH]3)cc2)c1. The molecule has 25 heavy (non-hydrogen) atoms. The van der Waals surface area contributed by atoms with Gasteiger partial charge in [0.1, 0.15) is 11.6 Å². The van der Waals surface area contributed by atoms with Gasteiger partial charge in [-0.25, -0.2) is 14.8 Å². The molecule has 0 saturated heterocycles. The topological polar surface area (TPSA) is 97.0 Å². The first kappa shape index (κ1) is 16.4. The molecule has 0 aliphatic rings. The predicted octanol–water partition coefficient (Wildman–Crippen LogP) is 2.58. The van der Waals surface area contributed by atoms with Crippen LogP contribution in [-0.4, -0.2) is 33.4 Å². The molecule has 0 bridgehead atoms. The quantitative estimate of drug-likeness (QED) is 0.698. The van der Waals surface area contributed by atoms with Crippen molar-refractivity contribution in [1.82, 2.24) is 15.0 Å². The normalized spacial score (nSPS) is 10.3. The Bertz CT molecular complexity index is 874. The summed E-state index contributed by atoms with van der Waals surface area (Å²) in [7, 11) is 0. The van der Waals surface area contributed by atoms with Gasteiger partial charge >= 0.3 is 5.97 Å². The number of nitrogens with one attached hydrogen (secondary N) is 2. The maximum Gasteiger partial charge on any atom is 0.338 e. The van der Waals surface area contributed by atoms with Gasteiger partial charge in [0.05, 0.1) is 5.56 Å². The Morgan fingerprint density at radius 3 is 2.60 bits per heavy atom. The Labute approximate surface area is 144 Å². The molecule has 0 aliphatic carbocycles. The standard InChI is InChI=1S/C18H16N4O3/c1-12-6-7-19-15(10-12)22-16(23)11-25-18(24)14-4-2-13(3-5-14)17-20-8-9-21-17/h2-10H,11H2,1H3,(H,20,21)(H,19,22,23). The number of esters is 1. The van der Waals surface area contributed by atoms with E-state index in [4.69, 9.17) is 4.74 Å². The number of H-pyrrole nitrogens is 1. The average Bonchev–Trinajstić information content (AvgIpc) is 3.14. The van der Waals surface area contributed by atoms with Gasteiger partial charge in [0.15, 0.2) is 6.61 Å². The number of hydrogen-bond acceptors (Lipinski definition) is 5. The highest BCUT2D eigenvalue weighted by molar-refractivity contribution is 5.95. The number of carbonyl (C=O) groups is 2. The van der Waals surface area contributed by atoms with Gasteiger partial charge in [-0.1, -0.05) is 12.1 Å². The molecule has 0 unspecified atom stereocenters. The number of benzene rings is 1. The van der Waals surface area contributed by atoms with Gasteiger partial charge < -0.3 is 15.0 Å². The Hall–Kier alpha value is -3.48. The second kappa shape index (κ2) is 7.39. The summed E-state index contributed by atoms with van der Waals surface area (Å²) in [6, 6.07) is 10.3. The lowest BCUT2D eigenvalue weighted by Gasteiger charge is -2.07. The minimum Gasteiger partial charge on any atom is -0.452 e.